The summed E-state index contributed by atoms with van der Waals surface area (Å²) in [5.74, 6) is 0.763. The third kappa shape index (κ3) is 3.01. The predicted octanol–water partition coefficient (Wildman–Crippen LogP) is 4.73. The summed E-state index contributed by atoms with van der Waals surface area (Å²) >= 11 is 0. The largest absolute Gasteiger partial charge is 0.0877 e. The van der Waals surface area contributed by atoms with E-state index in [4.69, 9.17) is 0 Å². The summed E-state index contributed by atoms with van der Waals surface area (Å²) in [5, 5.41) is 0. The molecule has 1 rings (SSSR count). The van der Waals surface area contributed by atoms with Gasteiger partial charge in [-0.25, -0.2) is 0 Å². The molecule has 0 aromatic carbocycles. The SMILES string of the molecule is CC(C)=C(C)CC1(C)CC=CC(C)C1. The van der Waals surface area contributed by atoms with Crippen LogP contribution in [0.2, 0.25) is 0 Å². The average molecular weight is 192 g/mol. The fourth-order valence-corrected chi connectivity index (χ4v) is 2.47. The third-order valence-electron chi connectivity index (χ3n) is 3.44. The molecule has 0 amide bonds. The minimum Gasteiger partial charge on any atom is -0.0877 e. The fourth-order valence-electron chi connectivity index (χ4n) is 2.47. The molecule has 0 heterocycles. The van der Waals surface area contributed by atoms with Crippen LogP contribution in [0.25, 0.3) is 0 Å². The van der Waals surface area contributed by atoms with Crippen LogP contribution in [0.4, 0.5) is 0 Å². The Hall–Kier alpha value is -0.520. The minimum absolute atomic E-state index is 0.509. The maximum Gasteiger partial charge on any atom is -0.0249 e. The standard InChI is InChI=1S/C14H24/c1-11(2)13(4)10-14(5)8-6-7-12(3)9-14/h6-7,12H,8-10H2,1-5H3. The van der Waals surface area contributed by atoms with E-state index >= 15 is 0 Å². The van der Waals surface area contributed by atoms with Gasteiger partial charge in [0, 0.05) is 0 Å². The van der Waals surface area contributed by atoms with Crippen molar-refractivity contribution in [2.75, 3.05) is 0 Å². The highest BCUT2D eigenvalue weighted by Gasteiger charge is 2.27. The van der Waals surface area contributed by atoms with Gasteiger partial charge >= 0.3 is 0 Å². The van der Waals surface area contributed by atoms with E-state index in [0.717, 1.165) is 5.92 Å². The summed E-state index contributed by atoms with van der Waals surface area (Å²) in [4.78, 5) is 0. The van der Waals surface area contributed by atoms with Crippen molar-refractivity contribution in [3.8, 4) is 0 Å². The molecule has 0 N–H and O–H groups in total. The topological polar surface area (TPSA) is 0 Å². The Kier molecular flexibility index (Phi) is 3.58. The molecule has 0 aromatic heterocycles. The zero-order chi connectivity index (χ0) is 10.8. The Labute approximate surface area is 89.1 Å². The van der Waals surface area contributed by atoms with Crippen molar-refractivity contribution in [2.45, 2.75) is 53.9 Å². The second-order valence-corrected chi connectivity index (χ2v) is 5.58. The van der Waals surface area contributed by atoms with Gasteiger partial charge in [0.1, 0.15) is 0 Å². The summed E-state index contributed by atoms with van der Waals surface area (Å²) < 4.78 is 0. The lowest BCUT2D eigenvalue weighted by Gasteiger charge is -2.34. The lowest BCUT2D eigenvalue weighted by Crippen LogP contribution is -2.22. The van der Waals surface area contributed by atoms with Gasteiger partial charge in [-0.1, -0.05) is 37.1 Å². The van der Waals surface area contributed by atoms with E-state index in [9.17, 15) is 0 Å². The van der Waals surface area contributed by atoms with E-state index in [1.807, 2.05) is 0 Å². The first-order chi connectivity index (χ1) is 6.43. The van der Waals surface area contributed by atoms with Crippen LogP contribution < -0.4 is 0 Å². The molecule has 2 atom stereocenters. The third-order valence-corrected chi connectivity index (χ3v) is 3.44. The normalized spacial score (nSPS) is 31.6. The van der Waals surface area contributed by atoms with E-state index < -0.39 is 0 Å². The molecular weight excluding hydrogens is 168 g/mol. The first-order valence-corrected chi connectivity index (χ1v) is 5.72. The Morgan fingerprint density at radius 1 is 1.36 bits per heavy atom. The predicted molar refractivity (Wildman–Crippen MR) is 64.3 cm³/mol. The van der Waals surface area contributed by atoms with E-state index in [2.05, 4.69) is 46.8 Å². The lowest BCUT2D eigenvalue weighted by molar-refractivity contribution is 0.254. The van der Waals surface area contributed by atoms with Gasteiger partial charge < -0.3 is 0 Å². The molecular formula is C14H24. The van der Waals surface area contributed by atoms with Crippen LogP contribution in [-0.4, -0.2) is 0 Å². The molecule has 0 saturated heterocycles. The molecule has 0 radical (unpaired) electrons. The van der Waals surface area contributed by atoms with Crippen molar-refractivity contribution < 1.29 is 0 Å². The molecule has 0 saturated carbocycles. The van der Waals surface area contributed by atoms with Gasteiger partial charge in [0.2, 0.25) is 0 Å². The van der Waals surface area contributed by atoms with Crippen molar-refractivity contribution in [2.24, 2.45) is 11.3 Å². The monoisotopic (exact) mass is 192 g/mol. The summed E-state index contributed by atoms with van der Waals surface area (Å²) in [7, 11) is 0. The molecule has 0 nitrogen and oxygen atoms in total. The maximum atomic E-state index is 2.43. The second-order valence-electron chi connectivity index (χ2n) is 5.58. The van der Waals surface area contributed by atoms with Crippen LogP contribution in [-0.2, 0) is 0 Å². The van der Waals surface area contributed by atoms with Gasteiger partial charge in [0.05, 0.1) is 0 Å². The smallest absolute Gasteiger partial charge is 0.0249 e. The van der Waals surface area contributed by atoms with Crippen molar-refractivity contribution >= 4 is 0 Å². The van der Waals surface area contributed by atoms with E-state index in [1.54, 1.807) is 5.57 Å². The van der Waals surface area contributed by atoms with Gasteiger partial charge in [0.25, 0.3) is 0 Å². The van der Waals surface area contributed by atoms with Crippen molar-refractivity contribution in [1.82, 2.24) is 0 Å². The van der Waals surface area contributed by atoms with Gasteiger partial charge in [-0.05, 0) is 51.4 Å². The van der Waals surface area contributed by atoms with Crippen LogP contribution in [0.3, 0.4) is 0 Å². The molecule has 0 aliphatic heterocycles. The summed E-state index contributed by atoms with van der Waals surface area (Å²) in [6.07, 6.45) is 8.59. The van der Waals surface area contributed by atoms with E-state index in [0.29, 0.717) is 5.41 Å². The molecule has 2 unspecified atom stereocenters. The molecule has 0 spiro atoms. The van der Waals surface area contributed by atoms with Crippen molar-refractivity contribution in [3.05, 3.63) is 23.3 Å². The Morgan fingerprint density at radius 2 is 2.00 bits per heavy atom. The summed E-state index contributed by atoms with van der Waals surface area (Å²) in [6.45, 7) is 11.5. The average Bonchev–Trinajstić information content (AvgIpc) is 2.02. The summed E-state index contributed by atoms with van der Waals surface area (Å²) in [5.41, 5.74) is 3.58. The van der Waals surface area contributed by atoms with Crippen LogP contribution in [0.5, 0.6) is 0 Å². The zero-order valence-electron chi connectivity index (χ0n) is 10.4. The quantitative estimate of drug-likeness (QED) is 0.555. The Bertz CT molecular complexity index is 253. The van der Waals surface area contributed by atoms with Gasteiger partial charge in [-0.3, -0.25) is 0 Å². The zero-order valence-corrected chi connectivity index (χ0v) is 10.4. The van der Waals surface area contributed by atoms with Gasteiger partial charge in [0.15, 0.2) is 0 Å². The fraction of sp³-hybridized carbons (Fsp3) is 0.714. The molecule has 0 heteroatoms. The lowest BCUT2D eigenvalue weighted by atomic mass is 9.71. The highest BCUT2D eigenvalue weighted by atomic mass is 14.3. The number of rotatable bonds is 2. The molecule has 80 valence electrons. The maximum absolute atomic E-state index is 2.43. The second kappa shape index (κ2) is 4.33. The van der Waals surface area contributed by atoms with Crippen LogP contribution in [0, 0.1) is 11.3 Å². The van der Waals surface area contributed by atoms with Crippen LogP contribution in [0.15, 0.2) is 23.3 Å². The molecule has 0 bridgehead atoms. The molecule has 14 heavy (non-hydrogen) atoms. The molecule has 0 aromatic rings. The Morgan fingerprint density at radius 3 is 2.50 bits per heavy atom. The minimum atomic E-state index is 0.509. The number of allylic oxidation sites excluding steroid dienone is 4. The van der Waals surface area contributed by atoms with Crippen molar-refractivity contribution in [1.29, 1.82) is 0 Å². The molecule has 0 fully saturated rings. The highest BCUT2D eigenvalue weighted by Crippen LogP contribution is 2.40. The van der Waals surface area contributed by atoms with Gasteiger partial charge in [-0.2, -0.15) is 0 Å². The van der Waals surface area contributed by atoms with Crippen LogP contribution in [0.1, 0.15) is 53.9 Å². The first kappa shape index (κ1) is 11.6. The highest BCUT2D eigenvalue weighted by molar-refractivity contribution is 5.12. The summed E-state index contributed by atoms with van der Waals surface area (Å²) in [6, 6.07) is 0. The van der Waals surface area contributed by atoms with E-state index in [1.165, 1.54) is 24.8 Å². The van der Waals surface area contributed by atoms with Crippen molar-refractivity contribution in [3.63, 3.8) is 0 Å². The van der Waals surface area contributed by atoms with Gasteiger partial charge in [-0.15, -0.1) is 0 Å². The number of hydrogen-bond donors (Lipinski definition) is 0. The number of hydrogen-bond acceptors (Lipinski definition) is 0. The Balaban J connectivity index is 2.68. The van der Waals surface area contributed by atoms with Crippen LogP contribution >= 0.6 is 0 Å². The molecule has 1 aliphatic carbocycles. The first-order valence-electron chi connectivity index (χ1n) is 5.72. The van der Waals surface area contributed by atoms with E-state index in [-0.39, 0.29) is 0 Å². The molecule has 1 aliphatic rings.